The Morgan fingerprint density at radius 2 is 2.00 bits per heavy atom. The number of hydrogen-bond acceptors (Lipinski definition) is 2. The molecule has 1 rings (SSSR count). The van der Waals surface area contributed by atoms with Crippen LogP contribution in [0.3, 0.4) is 0 Å². The van der Waals surface area contributed by atoms with Crippen LogP contribution in [0.2, 0.25) is 5.02 Å². The Morgan fingerprint density at radius 3 is 2.56 bits per heavy atom. The van der Waals surface area contributed by atoms with Crippen molar-refractivity contribution in [1.82, 2.24) is 0 Å². The molecule has 0 aliphatic heterocycles. The third-order valence-corrected chi connectivity index (χ3v) is 3.57. The van der Waals surface area contributed by atoms with Crippen LogP contribution in [0.4, 0.5) is 5.69 Å². The minimum atomic E-state index is 0.211. The van der Waals surface area contributed by atoms with Crippen LogP contribution in [-0.2, 0) is 6.42 Å². The van der Waals surface area contributed by atoms with Gasteiger partial charge in [0.05, 0.1) is 10.7 Å². The molecule has 0 amide bonds. The van der Waals surface area contributed by atoms with E-state index < -0.39 is 0 Å². The SMILES string of the molecule is CCCN(CC)c1c(Cl)cccc1CC(N)CC. The molecule has 0 spiro atoms. The molecule has 0 fully saturated rings. The van der Waals surface area contributed by atoms with E-state index in [9.17, 15) is 0 Å². The molecule has 0 aliphatic carbocycles. The van der Waals surface area contributed by atoms with Crippen LogP contribution in [0, 0.1) is 0 Å². The maximum absolute atomic E-state index is 6.38. The van der Waals surface area contributed by atoms with Gasteiger partial charge in [-0.1, -0.05) is 37.6 Å². The van der Waals surface area contributed by atoms with Crippen LogP contribution >= 0.6 is 11.6 Å². The van der Waals surface area contributed by atoms with Gasteiger partial charge in [0.2, 0.25) is 0 Å². The van der Waals surface area contributed by atoms with Crippen LogP contribution in [-0.4, -0.2) is 19.1 Å². The van der Waals surface area contributed by atoms with Gasteiger partial charge in [-0.3, -0.25) is 0 Å². The van der Waals surface area contributed by atoms with Crippen molar-refractivity contribution in [3.05, 3.63) is 28.8 Å². The largest absolute Gasteiger partial charge is 0.370 e. The highest BCUT2D eigenvalue weighted by atomic mass is 35.5. The fraction of sp³-hybridized carbons (Fsp3) is 0.600. The van der Waals surface area contributed by atoms with Gasteiger partial charge in [0.1, 0.15) is 0 Å². The van der Waals surface area contributed by atoms with Crippen molar-refractivity contribution >= 4 is 17.3 Å². The molecule has 0 aliphatic rings. The first-order valence-electron chi connectivity index (χ1n) is 6.91. The summed E-state index contributed by atoms with van der Waals surface area (Å²) in [4.78, 5) is 2.35. The first kappa shape index (κ1) is 15.3. The second kappa shape index (κ2) is 7.65. The van der Waals surface area contributed by atoms with E-state index in [0.29, 0.717) is 0 Å². The molecule has 1 atom stereocenters. The third kappa shape index (κ3) is 3.89. The van der Waals surface area contributed by atoms with Crippen molar-refractivity contribution in [2.24, 2.45) is 5.73 Å². The highest BCUT2D eigenvalue weighted by Crippen LogP contribution is 2.31. The van der Waals surface area contributed by atoms with E-state index in [1.807, 2.05) is 12.1 Å². The first-order chi connectivity index (χ1) is 8.63. The van der Waals surface area contributed by atoms with Gasteiger partial charge in [0.15, 0.2) is 0 Å². The van der Waals surface area contributed by atoms with Gasteiger partial charge in [0, 0.05) is 19.1 Å². The first-order valence-corrected chi connectivity index (χ1v) is 7.29. The Balaban J connectivity index is 3.06. The fourth-order valence-corrected chi connectivity index (χ4v) is 2.52. The Bertz CT molecular complexity index is 366. The number of anilines is 1. The summed E-state index contributed by atoms with van der Waals surface area (Å²) >= 11 is 6.38. The summed E-state index contributed by atoms with van der Waals surface area (Å²) in [5.41, 5.74) is 8.52. The Kier molecular flexibility index (Phi) is 6.51. The molecule has 0 bridgehead atoms. The van der Waals surface area contributed by atoms with E-state index >= 15 is 0 Å². The highest BCUT2D eigenvalue weighted by molar-refractivity contribution is 6.33. The van der Waals surface area contributed by atoms with Gasteiger partial charge in [-0.05, 0) is 37.8 Å². The normalized spacial score (nSPS) is 12.5. The molecule has 0 radical (unpaired) electrons. The second-order valence-electron chi connectivity index (χ2n) is 4.70. The molecule has 2 N–H and O–H groups in total. The lowest BCUT2D eigenvalue weighted by Crippen LogP contribution is -2.27. The zero-order valence-corrected chi connectivity index (χ0v) is 12.5. The molecule has 0 aromatic heterocycles. The number of hydrogen-bond donors (Lipinski definition) is 1. The molecular formula is C15H25ClN2. The van der Waals surface area contributed by atoms with Gasteiger partial charge in [-0.2, -0.15) is 0 Å². The Hall–Kier alpha value is -0.730. The topological polar surface area (TPSA) is 29.3 Å². The molecule has 102 valence electrons. The van der Waals surface area contributed by atoms with E-state index in [2.05, 4.69) is 31.7 Å². The monoisotopic (exact) mass is 268 g/mol. The summed E-state index contributed by atoms with van der Waals surface area (Å²) < 4.78 is 0. The summed E-state index contributed by atoms with van der Waals surface area (Å²) in [7, 11) is 0. The molecule has 18 heavy (non-hydrogen) atoms. The average Bonchev–Trinajstić information content (AvgIpc) is 2.37. The summed E-state index contributed by atoms with van der Waals surface area (Å²) in [6, 6.07) is 6.34. The lowest BCUT2D eigenvalue weighted by atomic mass is 10.0. The fourth-order valence-electron chi connectivity index (χ4n) is 2.20. The quantitative estimate of drug-likeness (QED) is 0.814. The Labute approximate surface area is 116 Å². The van der Waals surface area contributed by atoms with Crippen molar-refractivity contribution in [1.29, 1.82) is 0 Å². The maximum Gasteiger partial charge on any atom is 0.0642 e. The van der Waals surface area contributed by atoms with E-state index in [-0.39, 0.29) is 6.04 Å². The summed E-state index contributed by atoms with van der Waals surface area (Å²) in [6.07, 6.45) is 3.01. The van der Waals surface area contributed by atoms with Crippen molar-refractivity contribution in [3.8, 4) is 0 Å². The minimum Gasteiger partial charge on any atom is -0.370 e. The predicted molar refractivity (Wildman–Crippen MR) is 81.6 cm³/mol. The van der Waals surface area contributed by atoms with Gasteiger partial charge in [-0.25, -0.2) is 0 Å². The number of nitrogens with zero attached hydrogens (tertiary/aromatic N) is 1. The molecule has 1 aromatic carbocycles. The second-order valence-corrected chi connectivity index (χ2v) is 5.11. The van der Waals surface area contributed by atoms with Crippen molar-refractivity contribution in [3.63, 3.8) is 0 Å². The number of para-hydroxylation sites is 1. The van der Waals surface area contributed by atoms with Gasteiger partial charge in [-0.15, -0.1) is 0 Å². The Morgan fingerprint density at radius 1 is 1.28 bits per heavy atom. The van der Waals surface area contributed by atoms with Crippen LogP contribution in [0.25, 0.3) is 0 Å². The molecule has 3 heteroatoms. The van der Waals surface area contributed by atoms with Crippen molar-refractivity contribution in [2.45, 2.75) is 46.1 Å². The van der Waals surface area contributed by atoms with Gasteiger partial charge in [0.25, 0.3) is 0 Å². The average molecular weight is 269 g/mol. The number of rotatable bonds is 7. The van der Waals surface area contributed by atoms with Gasteiger partial charge >= 0.3 is 0 Å². The number of benzene rings is 1. The van der Waals surface area contributed by atoms with Crippen molar-refractivity contribution < 1.29 is 0 Å². The minimum absolute atomic E-state index is 0.211. The van der Waals surface area contributed by atoms with E-state index in [1.54, 1.807) is 0 Å². The van der Waals surface area contributed by atoms with Crippen molar-refractivity contribution in [2.75, 3.05) is 18.0 Å². The number of halogens is 1. The lowest BCUT2D eigenvalue weighted by molar-refractivity contribution is 0.644. The van der Waals surface area contributed by atoms with E-state index in [1.165, 1.54) is 11.3 Å². The molecule has 2 nitrogen and oxygen atoms in total. The summed E-state index contributed by atoms with van der Waals surface area (Å²) in [5, 5.41) is 0.839. The zero-order chi connectivity index (χ0) is 13.5. The van der Waals surface area contributed by atoms with Crippen LogP contribution < -0.4 is 10.6 Å². The van der Waals surface area contributed by atoms with E-state index in [4.69, 9.17) is 17.3 Å². The smallest absolute Gasteiger partial charge is 0.0642 e. The number of nitrogens with two attached hydrogens (primary N) is 1. The lowest BCUT2D eigenvalue weighted by Gasteiger charge is -2.27. The maximum atomic E-state index is 6.38. The molecular weight excluding hydrogens is 244 g/mol. The highest BCUT2D eigenvalue weighted by Gasteiger charge is 2.14. The molecule has 1 aromatic rings. The molecule has 0 saturated carbocycles. The van der Waals surface area contributed by atoms with Gasteiger partial charge < -0.3 is 10.6 Å². The van der Waals surface area contributed by atoms with E-state index in [0.717, 1.165) is 37.4 Å². The van der Waals surface area contributed by atoms with Crippen LogP contribution in [0.1, 0.15) is 39.2 Å². The third-order valence-electron chi connectivity index (χ3n) is 3.27. The van der Waals surface area contributed by atoms with Crippen LogP contribution in [0.15, 0.2) is 18.2 Å². The molecule has 0 heterocycles. The zero-order valence-electron chi connectivity index (χ0n) is 11.7. The standard InChI is InChI=1S/C15H25ClN2/c1-4-10-18(6-3)15-12(11-13(17)5-2)8-7-9-14(15)16/h7-9,13H,4-6,10-11,17H2,1-3H3. The summed E-state index contributed by atoms with van der Waals surface area (Å²) in [6.45, 7) is 8.50. The summed E-state index contributed by atoms with van der Waals surface area (Å²) in [5.74, 6) is 0. The van der Waals surface area contributed by atoms with Crippen LogP contribution in [0.5, 0.6) is 0 Å². The predicted octanol–water partition coefficient (Wildman–Crippen LogP) is 3.86. The molecule has 1 unspecified atom stereocenters. The molecule has 0 saturated heterocycles.